The van der Waals surface area contributed by atoms with Crippen molar-refractivity contribution in [1.29, 1.82) is 0 Å². The number of fused-ring (bicyclic) bond motifs is 2. The number of hydrogen-bond acceptors (Lipinski definition) is 2. The first-order valence-electron chi connectivity index (χ1n) is 13.2. The zero-order chi connectivity index (χ0) is 25.4. The van der Waals surface area contributed by atoms with Crippen molar-refractivity contribution in [2.75, 3.05) is 26.2 Å². The van der Waals surface area contributed by atoms with Crippen molar-refractivity contribution in [3.05, 3.63) is 107 Å². The number of H-pyrrole nitrogens is 1. The van der Waals surface area contributed by atoms with Crippen molar-refractivity contribution in [2.24, 2.45) is 0 Å². The number of aromatic nitrogens is 1. The van der Waals surface area contributed by atoms with Gasteiger partial charge in [0.15, 0.2) is 0 Å². The third-order valence-corrected chi connectivity index (χ3v) is 8.19. The first kappa shape index (κ1) is 23.9. The highest BCUT2D eigenvalue weighted by Gasteiger charge is 2.32. The summed E-state index contributed by atoms with van der Waals surface area (Å²) in [6.07, 6.45) is 5.79. The van der Waals surface area contributed by atoms with Crippen molar-refractivity contribution in [3.8, 4) is 0 Å². The van der Waals surface area contributed by atoms with Gasteiger partial charge in [-0.15, -0.1) is 0 Å². The molecule has 6 rings (SSSR count). The molecule has 1 N–H and O–H groups in total. The zero-order valence-electron chi connectivity index (χ0n) is 20.8. The summed E-state index contributed by atoms with van der Waals surface area (Å²) in [5.74, 6) is -0.153. The summed E-state index contributed by atoms with van der Waals surface area (Å²) >= 11 is 0. The number of amides is 1. The van der Waals surface area contributed by atoms with Gasteiger partial charge >= 0.3 is 0 Å². The third-order valence-electron chi connectivity index (χ3n) is 8.19. The Hall–Kier alpha value is -3.51. The summed E-state index contributed by atoms with van der Waals surface area (Å²) in [5, 5.41) is 0.993. The minimum atomic E-state index is -0.335. The summed E-state index contributed by atoms with van der Waals surface area (Å²) < 4.78 is 27.3. The number of nitrogens with zero attached hydrogens (tertiary/aromatic N) is 2. The van der Waals surface area contributed by atoms with E-state index in [1.165, 1.54) is 34.9 Å². The normalized spacial score (nSPS) is 18.8. The van der Waals surface area contributed by atoms with E-state index in [0.29, 0.717) is 18.0 Å². The van der Waals surface area contributed by atoms with E-state index in [-0.39, 0.29) is 23.6 Å². The van der Waals surface area contributed by atoms with E-state index >= 15 is 0 Å². The molecule has 1 atom stereocenters. The lowest BCUT2D eigenvalue weighted by Crippen LogP contribution is -2.42. The van der Waals surface area contributed by atoms with Crippen molar-refractivity contribution >= 4 is 16.8 Å². The van der Waals surface area contributed by atoms with Crippen LogP contribution < -0.4 is 0 Å². The standard InChI is InChI=1S/C31H31F2N3O/c32-24-7-5-23(6-8-24)31(37)36-18-13-21-3-1-2-4-26(21)30(36)14-17-35-15-11-22(12-16-35)28-20-34-29-10-9-25(33)19-27(28)29/h1-10,19-20,22,30,34H,11-18H2. The maximum Gasteiger partial charge on any atom is 0.254 e. The molecule has 37 heavy (non-hydrogen) atoms. The molecule has 1 aromatic heterocycles. The molecule has 0 saturated carbocycles. The molecule has 0 spiro atoms. The van der Waals surface area contributed by atoms with E-state index in [9.17, 15) is 13.6 Å². The molecule has 4 aromatic rings. The van der Waals surface area contributed by atoms with Crippen molar-refractivity contribution in [3.63, 3.8) is 0 Å². The molecular formula is C31H31F2N3O. The molecule has 3 heterocycles. The number of nitrogens with one attached hydrogen (secondary N) is 1. The van der Waals surface area contributed by atoms with Crippen LogP contribution in [0, 0.1) is 11.6 Å². The summed E-state index contributed by atoms with van der Waals surface area (Å²) in [6.45, 7) is 3.53. The minimum absolute atomic E-state index is 0.00295. The van der Waals surface area contributed by atoms with Crippen LogP contribution in [0.2, 0.25) is 0 Å². The third kappa shape index (κ3) is 4.78. The van der Waals surface area contributed by atoms with Gasteiger partial charge in [0.25, 0.3) is 5.91 Å². The Morgan fingerprint density at radius 2 is 1.65 bits per heavy atom. The van der Waals surface area contributed by atoms with Crippen LogP contribution >= 0.6 is 0 Å². The monoisotopic (exact) mass is 499 g/mol. The van der Waals surface area contributed by atoms with Gasteiger partial charge in [0.1, 0.15) is 11.6 Å². The molecule has 3 aromatic carbocycles. The summed E-state index contributed by atoms with van der Waals surface area (Å²) in [5.41, 5.74) is 5.26. The maximum atomic E-state index is 13.9. The highest BCUT2D eigenvalue weighted by Crippen LogP contribution is 2.36. The summed E-state index contributed by atoms with van der Waals surface area (Å²) in [4.78, 5) is 21.2. The molecular weight excluding hydrogens is 468 g/mol. The molecule has 1 saturated heterocycles. The molecule has 0 radical (unpaired) electrons. The van der Waals surface area contributed by atoms with Gasteiger partial charge in [0.2, 0.25) is 0 Å². The first-order chi connectivity index (χ1) is 18.1. The maximum absolute atomic E-state index is 13.9. The Bertz CT molecular complexity index is 1410. The average Bonchev–Trinajstić information content (AvgIpc) is 3.35. The Morgan fingerprint density at radius 3 is 2.46 bits per heavy atom. The molecule has 0 bridgehead atoms. The molecule has 1 unspecified atom stereocenters. The van der Waals surface area contributed by atoms with E-state index < -0.39 is 0 Å². The average molecular weight is 500 g/mol. The predicted octanol–water partition coefficient (Wildman–Crippen LogP) is 6.46. The molecule has 4 nitrogen and oxygen atoms in total. The second-order valence-electron chi connectivity index (χ2n) is 10.3. The number of carbonyl (C=O) groups excluding carboxylic acids is 1. The number of aromatic amines is 1. The molecule has 2 aliphatic heterocycles. The highest BCUT2D eigenvalue weighted by molar-refractivity contribution is 5.94. The van der Waals surface area contributed by atoms with Crippen LogP contribution in [0.25, 0.3) is 10.9 Å². The van der Waals surface area contributed by atoms with Crippen LogP contribution in [0.3, 0.4) is 0 Å². The number of halogens is 2. The van der Waals surface area contributed by atoms with E-state index in [4.69, 9.17) is 0 Å². The van der Waals surface area contributed by atoms with Gasteiger partial charge in [-0.25, -0.2) is 8.78 Å². The number of piperidine rings is 1. The fraction of sp³-hybridized carbons (Fsp3) is 0.323. The van der Waals surface area contributed by atoms with E-state index in [1.54, 1.807) is 18.2 Å². The Kier molecular flexibility index (Phi) is 6.51. The van der Waals surface area contributed by atoms with E-state index in [2.05, 4.69) is 28.1 Å². The molecule has 0 aliphatic carbocycles. The number of carbonyl (C=O) groups is 1. The smallest absolute Gasteiger partial charge is 0.254 e. The number of rotatable bonds is 5. The van der Waals surface area contributed by atoms with Crippen LogP contribution in [-0.4, -0.2) is 46.9 Å². The van der Waals surface area contributed by atoms with Crippen LogP contribution in [-0.2, 0) is 6.42 Å². The second kappa shape index (κ2) is 10.1. The Morgan fingerprint density at radius 1 is 0.892 bits per heavy atom. The highest BCUT2D eigenvalue weighted by atomic mass is 19.1. The quantitative estimate of drug-likeness (QED) is 0.343. The van der Waals surface area contributed by atoms with Crippen molar-refractivity contribution < 1.29 is 13.6 Å². The predicted molar refractivity (Wildman–Crippen MR) is 142 cm³/mol. The van der Waals surface area contributed by atoms with Crippen LogP contribution in [0.5, 0.6) is 0 Å². The van der Waals surface area contributed by atoms with Gasteiger partial charge in [-0.2, -0.15) is 0 Å². The topological polar surface area (TPSA) is 39.3 Å². The van der Waals surface area contributed by atoms with Crippen LogP contribution in [0.1, 0.15) is 58.3 Å². The Balaban J connectivity index is 1.15. The van der Waals surface area contributed by atoms with Gasteiger partial charge in [-0.3, -0.25) is 4.79 Å². The fourth-order valence-electron chi connectivity index (χ4n) is 6.19. The van der Waals surface area contributed by atoms with Crippen molar-refractivity contribution in [2.45, 2.75) is 37.6 Å². The lowest BCUT2D eigenvalue weighted by molar-refractivity contribution is 0.0630. The molecule has 1 fully saturated rings. The molecule has 6 heteroatoms. The Labute approximate surface area is 215 Å². The van der Waals surface area contributed by atoms with Gasteiger partial charge in [0, 0.05) is 35.8 Å². The van der Waals surface area contributed by atoms with E-state index in [1.807, 2.05) is 23.2 Å². The molecule has 2 aliphatic rings. The van der Waals surface area contributed by atoms with E-state index in [0.717, 1.165) is 56.2 Å². The lowest BCUT2D eigenvalue weighted by atomic mass is 9.88. The SMILES string of the molecule is O=C(c1ccc(F)cc1)N1CCc2ccccc2C1CCN1CCC(c2c[nH]c3ccc(F)cc23)CC1. The summed E-state index contributed by atoms with van der Waals surface area (Å²) in [6, 6.07) is 19.2. The van der Waals surface area contributed by atoms with Crippen LogP contribution in [0.4, 0.5) is 8.78 Å². The summed E-state index contributed by atoms with van der Waals surface area (Å²) in [7, 11) is 0. The van der Waals surface area contributed by atoms with Crippen LogP contribution in [0.15, 0.2) is 72.9 Å². The minimum Gasteiger partial charge on any atom is -0.361 e. The van der Waals surface area contributed by atoms with Gasteiger partial charge in [0.05, 0.1) is 6.04 Å². The number of hydrogen-bond donors (Lipinski definition) is 1. The lowest BCUT2D eigenvalue weighted by Gasteiger charge is -2.39. The van der Waals surface area contributed by atoms with Gasteiger partial charge in [-0.1, -0.05) is 24.3 Å². The van der Waals surface area contributed by atoms with Gasteiger partial charge < -0.3 is 14.8 Å². The number of benzene rings is 3. The zero-order valence-corrected chi connectivity index (χ0v) is 20.8. The fourth-order valence-corrected chi connectivity index (χ4v) is 6.19. The van der Waals surface area contributed by atoms with Crippen molar-refractivity contribution in [1.82, 2.24) is 14.8 Å². The molecule has 1 amide bonds. The largest absolute Gasteiger partial charge is 0.361 e. The second-order valence-corrected chi connectivity index (χ2v) is 10.3. The first-order valence-corrected chi connectivity index (χ1v) is 13.2. The molecule has 190 valence electrons. The van der Waals surface area contributed by atoms with Gasteiger partial charge in [-0.05, 0) is 104 Å². The number of likely N-dealkylation sites (tertiary alicyclic amines) is 1.